The molecule has 1 aromatic heterocycles. The van der Waals surface area contributed by atoms with E-state index >= 15 is 0 Å². The topological polar surface area (TPSA) is 113 Å². The molecule has 0 radical (unpaired) electrons. The van der Waals surface area contributed by atoms with Crippen molar-refractivity contribution in [3.63, 3.8) is 0 Å². The van der Waals surface area contributed by atoms with E-state index in [0.717, 1.165) is 23.4 Å². The molecule has 1 atom stereocenters. The van der Waals surface area contributed by atoms with Crippen LogP contribution in [0.1, 0.15) is 42.2 Å². The maximum Gasteiger partial charge on any atom is 0.389 e. The smallest absolute Gasteiger partial charge is 0.362 e. The van der Waals surface area contributed by atoms with E-state index in [1.54, 1.807) is 18.2 Å². The molecule has 168 valence electrons. The fourth-order valence-electron chi connectivity index (χ4n) is 3.00. The minimum absolute atomic E-state index is 0.125. The number of hydrogen-bond acceptors (Lipinski definition) is 6. The Morgan fingerprint density at radius 1 is 1.19 bits per heavy atom. The zero-order valence-electron chi connectivity index (χ0n) is 16.9. The standard InChI is InChI=1S/C19H24F3N7O2/c1-2-7-29-25-10-15(28-29)18(31)24-11-16-26-13-4-3-12(8-14(13)27-16)9-23-17(30)5-6-19(20,21)22/h3-4,8,10,16,26-27H,2,5-7,9,11H2,1H3,(H,23,30)(H,24,31). The molecule has 1 aliphatic heterocycles. The van der Waals surface area contributed by atoms with Gasteiger partial charge in [0.05, 0.1) is 37.1 Å². The summed E-state index contributed by atoms with van der Waals surface area (Å²) in [5.41, 5.74) is 2.58. The van der Waals surface area contributed by atoms with Gasteiger partial charge in [0, 0.05) is 13.0 Å². The Balaban J connectivity index is 1.45. The lowest BCUT2D eigenvalue weighted by molar-refractivity contribution is -0.144. The zero-order chi connectivity index (χ0) is 22.4. The average Bonchev–Trinajstić information content (AvgIpc) is 3.35. The first-order valence-corrected chi connectivity index (χ1v) is 9.91. The molecule has 31 heavy (non-hydrogen) atoms. The van der Waals surface area contributed by atoms with Gasteiger partial charge in [0.2, 0.25) is 5.91 Å². The van der Waals surface area contributed by atoms with E-state index in [0.29, 0.717) is 6.54 Å². The van der Waals surface area contributed by atoms with Gasteiger partial charge in [-0.15, -0.1) is 5.10 Å². The van der Waals surface area contributed by atoms with Crippen molar-refractivity contribution in [3.05, 3.63) is 35.7 Å². The zero-order valence-corrected chi connectivity index (χ0v) is 16.9. The van der Waals surface area contributed by atoms with Crippen molar-refractivity contribution in [2.45, 2.75) is 51.6 Å². The molecular weight excluding hydrogens is 415 g/mol. The Morgan fingerprint density at radius 2 is 1.97 bits per heavy atom. The van der Waals surface area contributed by atoms with Gasteiger partial charge < -0.3 is 21.3 Å². The molecule has 0 fully saturated rings. The number of aromatic nitrogens is 3. The summed E-state index contributed by atoms with van der Waals surface area (Å²) in [4.78, 5) is 25.3. The van der Waals surface area contributed by atoms with Gasteiger partial charge in [0.1, 0.15) is 6.17 Å². The van der Waals surface area contributed by atoms with Crippen LogP contribution >= 0.6 is 0 Å². The van der Waals surface area contributed by atoms with E-state index < -0.39 is 24.9 Å². The van der Waals surface area contributed by atoms with Gasteiger partial charge in [0.25, 0.3) is 5.91 Å². The van der Waals surface area contributed by atoms with E-state index in [9.17, 15) is 22.8 Å². The van der Waals surface area contributed by atoms with Crippen LogP contribution in [-0.4, -0.2) is 45.7 Å². The van der Waals surface area contributed by atoms with Crippen LogP contribution in [0.25, 0.3) is 0 Å². The van der Waals surface area contributed by atoms with Gasteiger partial charge in [-0.05, 0) is 24.1 Å². The van der Waals surface area contributed by atoms with Gasteiger partial charge in [-0.1, -0.05) is 13.0 Å². The highest BCUT2D eigenvalue weighted by Crippen LogP contribution is 2.29. The van der Waals surface area contributed by atoms with Crippen molar-refractivity contribution in [2.24, 2.45) is 0 Å². The monoisotopic (exact) mass is 439 g/mol. The number of alkyl halides is 3. The first-order chi connectivity index (χ1) is 14.7. The number of nitrogens with zero attached hydrogens (tertiary/aromatic N) is 3. The van der Waals surface area contributed by atoms with Crippen molar-refractivity contribution in [1.82, 2.24) is 25.6 Å². The predicted molar refractivity (Wildman–Crippen MR) is 107 cm³/mol. The molecule has 12 heteroatoms. The molecular formula is C19H24F3N7O2. The van der Waals surface area contributed by atoms with Gasteiger partial charge in [0.15, 0.2) is 5.69 Å². The van der Waals surface area contributed by atoms with Crippen LogP contribution in [0.5, 0.6) is 0 Å². The van der Waals surface area contributed by atoms with E-state index in [4.69, 9.17) is 0 Å². The number of fused-ring (bicyclic) bond motifs is 1. The number of hydrogen-bond donors (Lipinski definition) is 4. The van der Waals surface area contributed by atoms with Crippen LogP contribution in [0.3, 0.4) is 0 Å². The third-order valence-electron chi connectivity index (χ3n) is 4.53. The molecule has 4 N–H and O–H groups in total. The van der Waals surface area contributed by atoms with Crippen LogP contribution in [0.4, 0.5) is 24.5 Å². The SMILES string of the molecule is CCCn1ncc(C(=O)NCC2Nc3ccc(CNC(=O)CCC(F)(F)F)cc3N2)n1. The Morgan fingerprint density at radius 3 is 2.71 bits per heavy atom. The van der Waals surface area contributed by atoms with E-state index in [1.165, 1.54) is 11.0 Å². The number of benzene rings is 1. The molecule has 2 amide bonds. The molecule has 0 bridgehead atoms. The van der Waals surface area contributed by atoms with Crippen LogP contribution in [-0.2, 0) is 17.9 Å². The minimum atomic E-state index is -4.35. The molecule has 1 aliphatic rings. The van der Waals surface area contributed by atoms with Gasteiger partial charge in [-0.2, -0.15) is 23.1 Å². The second-order valence-corrected chi connectivity index (χ2v) is 7.15. The quantitative estimate of drug-likeness (QED) is 0.477. The fourth-order valence-corrected chi connectivity index (χ4v) is 3.00. The number of rotatable bonds is 9. The maximum atomic E-state index is 12.2. The largest absolute Gasteiger partial charge is 0.389 e. The maximum absolute atomic E-state index is 12.2. The Hall–Kier alpha value is -3.31. The molecule has 1 unspecified atom stereocenters. The van der Waals surface area contributed by atoms with Gasteiger partial charge >= 0.3 is 6.18 Å². The second kappa shape index (κ2) is 9.67. The molecule has 9 nitrogen and oxygen atoms in total. The second-order valence-electron chi connectivity index (χ2n) is 7.15. The number of aryl methyl sites for hydroxylation is 1. The third kappa shape index (κ3) is 6.59. The van der Waals surface area contributed by atoms with Gasteiger partial charge in [-0.3, -0.25) is 9.59 Å². The van der Waals surface area contributed by atoms with Crippen LogP contribution in [0.15, 0.2) is 24.4 Å². The summed E-state index contributed by atoms with van der Waals surface area (Å²) in [5.74, 6) is -0.982. The summed E-state index contributed by atoms with van der Waals surface area (Å²) in [7, 11) is 0. The number of carbonyl (C=O) groups excluding carboxylic acids is 2. The number of carbonyl (C=O) groups is 2. The highest BCUT2D eigenvalue weighted by atomic mass is 19.4. The van der Waals surface area contributed by atoms with Crippen LogP contribution in [0, 0.1) is 0 Å². The molecule has 1 aromatic carbocycles. The predicted octanol–water partition coefficient (Wildman–Crippen LogP) is 2.24. The number of anilines is 2. The lowest BCUT2D eigenvalue weighted by atomic mass is 10.1. The molecule has 2 aromatic rings. The Labute approximate surface area is 176 Å². The summed E-state index contributed by atoms with van der Waals surface area (Å²) in [6.45, 7) is 3.04. The third-order valence-corrected chi connectivity index (χ3v) is 4.53. The molecule has 0 aliphatic carbocycles. The highest BCUT2D eigenvalue weighted by molar-refractivity contribution is 5.92. The first-order valence-electron chi connectivity index (χ1n) is 9.91. The molecule has 0 saturated carbocycles. The minimum Gasteiger partial charge on any atom is -0.362 e. The van der Waals surface area contributed by atoms with Crippen LogP contribution in [0.2, 0.25) is 0 Å². The Bertz CT molecular complexity index is 929. The summed E-state index contributed by atoms with van der Waals surface area (Å²) in [5, 5.41) is 19.8. The van der Waals surface area contributed by atoms with Crippen LogP contribution < -0.4 is 21.3 Å². The van der Waals surface area contributed by atoms with Crippen molar-refractivity contribution >= 4 is 23.2 Å². The summed E-state index contributed by atoms with van der Waals surface area (Å²) in [6, 6.07) is 5.37. The number of halogens is 3. The van der Waals surface area contributed by atoms with Crippen molar-refractivity contribution in [1.29, 1.82) is 0 Å². The van der Waals surface area contributed by atoms with E-state index in [1.807, 2.05) is 6.92 Å². The summed E-state index contributed by atoms with van der Waals surface area (Å²) in [6.07, 6.45) is -4.05. The highest BCUT2D eigenvalue weighted by Gasteiger charge is 2.28. The van der Waals surface area contributed by atoms with E-state index in [2.05, 4.69) is 31.5 Å². The normalized spacial score (nSPS) is 15.0. The molecule has 3 rings (SSSR count). The molecule has 0 spiro atoms. The van der Waals surface area contributed by atoms with E-state index in [-0.39, 0.29) is 30.9 Å². The molecule has 2 heterocycles. The number of nitrogens with one attached hydrogen (secondary N) is 4. The van der Waals surface area contributed by atoms with Gasteiger partial charge in [-0.25, -0.2) is 0 Å². The van der Waals surface area contributed by atoms with Crippen molar-refractivity contribution in [2.75, 3.05) is 17.2 Å². The summed E-state index contributed by atoms with van der Waals surface area (Å²) < 4.78 is 36.5. The molecule has 0 saturated heterocycles. The number of amides is 2. The average molecular weight is 439 g/mol. The first kappa shape index (κ1) is 22.4. The van der Waals surface area contributed by atoms with Crippen molar-refractivity contribution < 1.29 is 22.8 Å². The Kier molecular flexibility index (Phi) is 6.98. The lowest BCUT2D eigenvalue weighted by Crippen LogP contribution is -2.38. The lowest BCUT2D eigenvalue weighted by Gasteiger charge is -2.12. The van der Waals surface area contributed by atoms with Crippen molar-refractivity contribution in [3.8, 4) is 0 Å². The fraction of sp³-hybridized carbons (Fsp3) is 0.474. The summed E-state index contributed by atoms with van der Waals surface area (Å²) >= 11 is 0.